The van der Waals surface area contributed by atoms with Gasteiger partial charge in [-0.25, -0.2) is 14.8 Å². The summed E-state index contributed by atoms with van der Waals surface area (Å²) in [7, 11) is 0. The zero-order valence-electron chi connectivity index (χ0n) is 17.7. The fraction of sp³-hybridized carbons (Fsp3) is 0.650. The van der Waals surface area contributed by atoms with Gasteiger partial charge in [0, 0.05) is 38.8 Å². The van der Waals surface area contributed by atoms with Gasteiger partial charge < -0.3 is 15.0 Å². The molecule has 0 spiro atoms. The van der Waals surface area contributed by atoms with Crippen LogP contribution in [0, 0.1) is 13.8 Å². The van der Waals surface area contributed by atoms with Crippen LogP contribution in [0.15, 0.2) is 5.38 Å². The molecule has 1 atom stereocenters. The average Bonchev–Trinajstić information content (AvgIpc) is 2.95. The standard InChI is InChI=1S/C20H31N5O2S/c1-13-12-28-17-16(13)22-15(3)23-18(17)21-14(2)11-24-7-9-25(10-8-24)19(26)27-20(4,5)6/h12,14H,7-11H2,1-6H3,(H,21,22,23)/t14-/m0/s1. The first kappa shape index (κ1) is 20.8. The lowest BCUT2D eigenvalue weighted by atomic mass is 10.2. The third kappa shape index (κ3) is 5.11. The molecule has 0 aromatic carbocycles. The molecule has 154 valence electrons. The number of anilines is 1. The number of nitrogens with zero attached hydrogens (tertiary/aromatic N) is 4. The second kappa shape index (κ2) is 8.21. The molecule has 1 aliphatic rings. The molecule has 0 bridgehead atoms. The number of fused-ring (bicyclic) bond motifs is 1. The van der Waals surface area contributed by atoms with Crippen molar-refractivity contribution in [3.8, 4) is 0 Å². The first-order valence-electron chi connectivity index (χ1n) is 9.81. The SMILES string of the molecule is Cc1nc(N[C@@H](C)CN2CCN(C(=O)OC(C)(C)C)CC2)c2scc(C)c2n1. The molecule has 3 heterocycles. The minimum Gasteiger partial charge on any atom is -0.444 e. The van der Waals surface area contributed by atoms with Crippen LogP contribution in [0.2, 0.25) is 0 Å². The number of carbonyl (C=O) groups excluding carboxylic acids is 1. The van der Waals surface area contributed by atoms with E-state index in [1.807, 2.05) is 27.7 Å². The summed E-state index contributed by atoms with van der Waals surface area (Å²) in [4.78, 5) is 25.6. The minimum absolute atomic E-state index is 0.217. The van der Waals surface area contributed by atoms with Crippen molar-refractivity contribution < 1.29 is 9.53 Å². The molecule has 2 aromatic heterocycles. The van der Waals surface area contributed by atoms with E-state index in [1.54, 1.807) is 16.2 Å². The van der Waals surface area contributed by atoms with Gasteiger partial charge in [0.1, 0.15) is 17.2 Å². The number of hydrogen-bond donors (Lipinski definition) is 1. The molecule has 0 aliphatic carbocycles. The van der Waals surface area contributed by atoms with Crippen LogP contribution in [-0.2, 0) is 4.74 Å². The van der Waals surface area contributed by atoms with Gasteiger partial charge in [-0.3, -0.25) is 4.90 Å². The van der Waals surface area contributed by atoms with Gasteiger partial charge in [-0.1, -0.05) is 0 Å². The summed E-state index contributed by atoms with van der Waals surface area (Å²) >= 11 is 1.69. The van der Waals surface area contributed by atoms with Gasteiger partial charge in [0.25, 0.3) is 0 Å². The van der Waals surface area contributed by atoms with Crippen LogP contribution in [0.5, 0.6) is 0 Å². The first-order chi connectivity index (χ1) is 13.1. The zero-order chi connectivity index (χ0) is 20.5. The van der Waals surface area contributed by atoms with Crippen molar-refractivity contribution in [2.75, 3.05) is 38.0 Å². The van der Waals surface area contributed by atoms with E-state index in [2.05, 4.69) is 39.4 Å². The van der Waals surface area contributed by atoms with Gasteiger partial charge in [-0.15, -0.1) is 11.3 Å². The molecule has 1 saturated heterocycles. The molecule has 28 heavy (non-hydrogen) atoms. The number of thiophene rings is 1. The summed E-state index contributed by atoms with van der Waals surface area (Å²) in [6.07, 6.45) is -0.217. The van der Waals surface area contributed by atoms with E-state index in [4.69, 9.17) is 4.74 Å². The van der Waals surface area contributed by atoms with Crippen LogP contribution in [-0.4, -0.2) is 70.2 Å². The third-order valence-electron chi connectivity index (χ3n) is 4.64. The molecule has 8 heteroatoms. The molecule has 2 aromatic rings. The van der Waals surface area contributed by atoms with Gasteiger partial charge in [-0.2, -0.15) is 0 Å². The van der Waals surface area contributed by atoms with Gasteiger partial charge in [-0.05, 0) is 52.5 Å². The van der Waals surface area contributed by atoms with Gasteiger partial charge in [0.15, 0.2) is 0 Å². The Morgan fingerprint density at radius 1 is 1.25 bits per heavy atom. The van der Waals surface area contributed by atoms with E-state index in [0.717, 1.165) is 41.5 Å². The van der Waals surface area contributed by atoms with Crippen LogP contribution in [0.1, 0.15) is 39.1 Å². The van der Waals surface area contributed by atoms with Crippen molar-refractivity contribution in [3.63, 3.8) is 0 Å². The lowest BCUT2D eigenvalue weighted by molar-refractivity contribution is 0.0144. The normalized spacial score (nSPS) is 17.0. The second-order valence-corrected chi connectivity index (χ2v) is 9.41. The number of nitrogens with one attached hydrogen (secondary N) is 1. The fourth-order valence-electron chi connectivity index (χ4n) is 3.35. The summed E-state index contributed by atoms with van der Waals surface area (Å²) in [5.74, 6) is 1.70. The Balaban J connectivity index is 1.54. The summed E-state index contributed by atoms with van der Waals surface area (Å²) in [6.45, 7) is 15.9. The Morgan fingerprint density at radius 2 is 1.93 bits per heavy atom. The lowest BCUT2D eigenvalue weighted by Gasteiger charge is -2.36. The molecule has 3 rings (SSSR count). The average molecular weight is 406 g/mol. The van der Waals surface area contributed by atoms with Crippen molar-refractivity contribution in [1.82, 2.24) is 19.8 Å². The molecule has 1 fully saturated rings. The Bertz CT molecular complexity index is 837. The highest BCUT2D eigenvalue weighted by Crippen LogP contribution is 2.29. The maximum Gasteiger partial charge on any atom is 0.410 e. The smallest absolute Gasteiger partial charge is 0.410 e. The number of hydrogen-bond acceptors (Lipinski definition) is 7. The molecular weight excluding hydrogens is 374 g/mol. The Morgan fingerprint density at radius 3 is 2.57 bits per heavy atom. The topological polar surface area (TPSA) is 70.6 Å². The Labute approximate surface area is 171 Å². The maximum atomic E-state index is 12.2. The van der Waals surface area contributed by atoms with Crippen molar-refractivity contribution in [2.45, 2.75) is 53.2 Å². The van der Waals surface area contributed by atoms with Crippen molar-refractivity contribution in [2.24, 2.45) is 0 Å². The molecule has 1 aliphatic heterocycles. The van der Waals surface area contributed by atoms with Crippen LogP contribution in [0.4, 0.5) is 10.6 Å². The predicted molar refractivity (Wildman–Crippen MR) is 114 cm³/mol. The zero-order valence-corrected chi connectivity index (χ0v) is 18.5. The quantitative estimate of drug-likeness (QED) is 0.837. The maximum absolute atomic E-state index is 12.2. The number of ether oxygens (including phenoxy) is 1. The van der Waals surface area contributed by atoms with E-state index in [0.29, 0.717) is 13.1 Å². The molecule has 7 nitrogen and oxygen atoms in total. The number of rotatable bonds is 4. The molecule has 1 N–H and O–H groups in total. The highest BCUT2D eigenvalue weighted by atomic mass is 32.1. The van der Waals surface area contributed by atoms with Gasteiger partial charge in [0.05, 0.1) is 10.2 Å². The predicted octanol–water partition coefficient (Wildman–Crippen LogP) is 3.66. The van der Waals surface area contributed by atoms with Crippen LogP contribution in [0.3, 0.4) is 0 Å². The molecule has 0 saturated carbocycles. The number of amides is 1. The van der Waals surface area contributed by atoms with E-state index < -0.39 is 5.60 Å². The van der Waals surface area contributed by atoms with E-state index in [1.165, 1.54) is 5.56 Å². The number of carbonyl (C=O) groups is 1. The highest BCUT2D eigenvalue weighted by Gasteiger charge is 2.26. The largest absolute Gasteiger partial charge is 0.444 e. The van der Waals surface area contributed by atoms with Gasteiger partial charge in [0.2, 0.25) is 0 Å². The number of aryl methyl sites for hydroxylation is 2. The highest BCUT2D eigenvalue weighted by molar-refractivity contribution is 7.18. The number of aromatic nitrogens is 2. The van der Waals surface area contributed by atoms with Crippen molar-refractivity contribution >= 4 is 33.5 Å². The monoisotopic (exact) mass is 405 g/mol. The number of piperazine rings is 1. The molecule has 1 amide bonds. The van der Waals surface area contributed by atoms with E-state index in [-0.39, 0.29) is 12.1 Å². The van der Waals surface area contributed by atoms with Crippen LogP contribution < -0.4 is 5.32 Å². The van der Waals surface area contributed by atoms with Crippen LogP contribution >= 0.6 is 11.3 Å². The summed E-state index contributed by atoms with van der Waals surface area (Å²) in [5.41, 5.74) is 1.78. The summed E-state index contributed by atoms with van der Waals surface area (Å²) in [5, 5.41) is 5.69. The third-order valence-corrected chi connectivity index (χ3v) is 5.74. The Hall–Kier alpha value is -1.93. The fourth-order valence-corrected chi connectivity index (χ4v) is 4.29. The summed E-state index contributed by atoms with van der Waals surface area (Å²) in [6, 6.07) is 0.244. The van der Waals surface area contributed by atoms with Crippen LogP contribution in [0.25, 0.3) is 10.2 Å². The van der Waals surface area contributed by atoms with E-state index in [9.17, 15) is 4.79 Å². The molecule has 0 unspecified atom stereocenters. The minimum atomic E-state index is -0.451. The molecule has 0 radical (unpaired) electrons. The molecular formula is C20H31N5O2S. The summed E-state index contributed by atoms with van der Waals surface area (Å²) < 4.78 is 6.59. The van der Waals surface area contributed by atoms with E-state index >= 15 is 0 Å². The lowest BCUT2D eigenvalue weighted by Crippen LogP contribution is -2.51. The Kier molecular flexibility index (Phi) is 6.09. The van der Waals surface area contributed by atoms with Crippen molar-refractivity contribution in [3.05, 3.63) is 16.8 Å². The van der Waals surface area contributed by atoms with Gasteiger partial charge >= 0.3 is 6.09 Å². The first-order valence-corrected chi connectivity index (χ1v) is 10.7. The second-order valence-electron chi connectivity index (χ2n) is 8.53. The van der Waals surface area contributed by atoms with Crippen molar-refractivity contribution in [1.29, 1.82) is 0 Å².